The predicted molar refractivity (Wildman–Crippen MR) is 123 cm³/mol. The van der Waals surface area contributed by atoms with Crippen LogP contribution in [0.2, 0.25) is 0 Å². The van der Waals surface area contributed by atoms with E-state index in [1.807, 2.05) is 54.8 Å². The molecule has 0 spiro atoms. The van der Waals surface area contributed by atoms with Gasteiger partial charge >= 0.3 is 0 Å². The fraction of sp³-hybridized carbons (Fsp3) is 0.435. The van der Waals surface area contributed by atoms with Crippen molar-refractivity contribution in [1.82, 2.24) is 25.2 Å². The van der Waals surface area contributed by atoms with Crippen molar-refractivity contribution in [1.29, 1.82) is 0 Å². The number of hydrogen-bond acceptors (Lipinski definition) is 5. The number of fused-ring (bicyclic) bond motifs is 1. The van der Waals surface area contributed by atoms with Crippen molar-refractivity contribution in [3.05, 3.63) is 54.0 Å². The van der Waals surface area contributed by atoms with E-state index in [-0.39, 0.29) is 6.04 Å². The van der Waals surface area contributed by atoms with Gasteiger partial charge in [0.1, 0.15) is 5.82 Å². The molecular formula is C23H32N6O2. The standard InChI is InChI=1S/C23H32N6O2/c1-5-24-23(25-14-13-22-28-27-21-10-8-9-15-29(21)22)26-17(4)18-11-12-19(30-6-2)20(16-18)31-7-3/h8-12,15-17H,5-7,13-14H2,1-4H3,(H2,24,25,26). The van der Waals surface area contributed by atoms with Crippen LogP contribution in [-0.4, -0.2) is 46.9 Å². The van der Waals surface area contributed by atoms with Gasteiger partial charge in [0.2, 0.25) is 0 Å². The zero-order chi connectivity index (χ0) is 22.1. The van der Waals surface area contributed by atoms with Crippen LogP contribution in [0.1, 0.15) is 45.1 Å². The molecule has 166 valence electrons. The highest BCUT2D eigenvalue weighted by molar-refractivity contribution is 5.80. The lowest BCUT2D eigenvalue weighted by molar-refractivity contribution is 0.287. The molecule has 31 heavy (non-hydrogen) atoms. The Kier molecular flexibility index (Phi) is 8.09. The minimum atomic E-state index is 0.0432. The zero-order valence-electron chi connectivity index (χ0n) is 18.8. The summed E-state index contributed by atoms with van der Waals surface area (Å²) < 4.78 is 13.4. The molecule has 0 aliphatic rings. The summed E-state index contributed by atoms with van der Waals surface area (Å²) in [6.07, 6.45) is 2.68. The van der Waals surface area contributed by atoms with Gasteiger partial charge in [0.05, 0.1) is 19.3 Å². The molecular weight excluding hydrogens is 392 g/mol. The third-order valence-corrected chi connectivity index (χ3v) is 4.75. The van der Waals surface area contributed by atoms with Crippen LogP contribution in [0.25, 0.3) is 5.65 Å². The van der Waals surface area contributed by atoms with Crippen molar-refractivity contribution < 1.29 is 9.47 Å². The minimum absolute atomic E-state index is 0.0432. The molecule has 8 nitrogen and oxygen atoms in total. The summed E-state index contributed by atoms with van der Waals surface area (Å²) in [4.78, 5) is 4.72. The quantitative estimate of drug-likeness (QED) is 0.383. The van der Waals surface area contributed by atoms with Crippen molar-refractivity contribution in [3.63, 3.8) is 0 Å². The normalized spacial score (nSPS) is 12.6. The topological polar surface area (TPSA) is 85.1 Å². The second kappa shape index (κ2) is 11.2. The van der Waals surface area contributed by atoms with Crippen LogP contribution in [0, 0.1) is 0 Å². The molecule has 0 radical (unpaired) electrons. The highest BCUT2D eigenvalue weighted by Crippen LogP contribution is 2.30. The number of aromatic nitrogens is 3. The highest BCUT2D eigenvalue weighted by Gasteiger charge is 2.13. The molecule has 1 unspecified atom stereocenters. The van der Waals surface area contributed by atoms with Crippen LogP contribution < -0.4 is 20.1 Å². The first-order chi connectivity index (χ1) is 15.2. The van der Waals surface area contributed by atoms with Crippen molar-refractivity contribution in [2.24, 2.45) is 4.99 Å². The minimum Gasteiger partial charge on any atom is -0.490 e. The molecule has 0 aliphatic heterocycles. The average molecular weight is 425 g/mol. The Morgan fingerprint density at radius 2 is 1.87 bits per heavy atom. The number of hydrogen-bond donors (Lipinski definition) is 2. The first-order valence-corrected chi connectivity index (χ1v) is 10.9. The average Bonchev–Trinajstić information content (AvgIpc) is 3.18. The van der Waals surface area contributed by atoms with Gasteiger partial charge in [-0.15, -0.1) is 10.2 Å². The van der Waals surface area contributed by atoms with Crippen LogP contribution in [-0.2, 0) is 6.42 Å². The van der Waals surface area contributed by atoms with E-state index in [1.165, 1.54) is 0 Å². The molecule has 0 amide bonds. The van der Waals surface area contributed by atoms with E-state index < -0.39 is 0 Å². The first kappa shape index (κ1) is 22.4. The molecule has 0 bridgehead atoms. The maximum Gasteiger partial charge on any atom is 0.191 e. The number of nitrogens with zero attached hydrogens (tertiary/aromatic N) is 4. The van der Waals surface area contributed by atoms with Gasteiger partial charge < -0.3 is 20.1 Å². The number of nitrogens with one attached hydrogen (secondary N) is 2. The Morgan fingerprint density at radius 3 is 2.65 bits per heavy atom. The van der Waals surface area contributed by atoms with Gasteiger partial charge in [0.15, 0.2) is 23.1 Å². The number of rotatable bonds is 10. The summed E-state index contributed by atoms with van der Waals surface area (Å²) in [5.74, 6) is 3.18. The lowest BCUT2D eigenvalue weighted by Crippen LogP contribution is -2.38. The molecule has 1 atom stereocenters. The summed E-state index contributed by atoms with van der Waals surface area (Å²) in [5.41, 5.74) is 1.95. The second-order valence-electron chi connectivity index (χ2n) is 6.99. The van der Waals surface area contributed by atoms with Crippen LogP contribution in [0.3, 0.4) is 0 Å². The van der Waals surface area contributed by atoms with Gasteiger partial charge in [-0.05, 0) is 57.5 Å². The molecule has 2 N–H and O–H groups in total. The highest BCUT2D eigenvalue weighted by atomic mass is 16.5. The van der Waals surface area contributed by atoms with Crippen molar-refractivity contribution >= 4 is 11.6 Å². The lowest BCUT2D eigenvalue weighted by Gasteiger charge is -2.20. The zero-order valence-corrected chi connectivity index (χ0v) is 18.8. The first-order valence-electron chi connectivity index (χ1n) is 10.9. The predicted octanol–water partition coefficient (Wildman–Crippen LogP) is 3.39. The van der Waals surface area contributed by atoms with E-state index in [0.717, 1.165) is 41.0 Å². The van der Waals surface area contributed by atoms with E-state index in [2.05, 4.69) is 40.7 Å². The summed E-state index contributed by atoms with van der Waals surface area (Å²) in [6.45, 7) is 10.7. The van der Waals surface area contributed by atoms with Gasteiger partial charge in [0, 0.05) is 25.7 Å². The second-order valence-corrected chi connectivity index (χ2v) is 6.99. The van der Waals surface area contributed by atoms with Crippen molar-refractivity contribution in [2.45, 2.75) is 40.2 Å². The van der Waals surface area contributed by atoms with Gasteiger partial charge in [-0.3, -0.25) is 9.39 Å². The smallest absolute Gasteiger partial charge is 0.191 e. The molecule has 1 aromatic carbocycles. The molecule has 3 aromatic rings. The maximum atomic E-state index is 5.76. The van der Waals surface area contributed by atoms with Gasteiger partial charge in [-0.2, -0.15) is 0 Å². The Morgan fingerprint density at radius 1 is 1.06 bits per heavy atom. The Balaban J connectivity index is 1.67. The van der Waals surface area contributed by atoms with Crippen molar-refractivity contribution in [2.75, 3.05) is 26.3 Å². The van der Waals surface area contributed by atoms with Gasteiger partial charge in [-0.1, -0.05) is 12.1 Å². The van der Waals surface area contributed by atoms with Crippen LogP contribution >= 0.6 is 0 Å². The monoisotopic (exact) mass is 424 g/mol. The summed E-state index contributed by atoms with van der Waals surface area (Å²) in [5, 5.41) is 15.3. The summed E-state index contributed by atoms with van der Waals surface area (Å²) in [7, 11) is 0. The van der Waals surface area contributed by atoms with Gasteiger partial charge in [0.25, 0.3) is 0 Å². The van der Waals surface area contributed by atoms with Crippen LogP contribution in [0.15, 0.2) is 47.6 Å². The molecule has 0 aliphatic carbocycles. The number of pyridine rings is 1. The molecule has 3 rings (SSSR count). The summed E-state index contributed by atoms with van der Waals surface area (Å²) >= 11 is 0. The number of aliphatic imine (C=N–C) groups is 1. The van der Waals surface area contributed by atoms with Crippen LogP contribution in [0.5, 0.6) is 11.5 Å². The molecule has 0 fully saturated rings. The molecule has 0 saturated carbocycles. The van der Waals surface area contributed by atoms with E-state index in [4.69, 9.17) is 14.5 Å². The fourth-order valence-electron chi connectivity index (χ4n) is 3.27. The van der Waals surface area contributed by atoms with Gasteiger partial charge in [-0.25, -0.2) is 0 Å². The molecule has 8 heteroatoms. The summed E-state index contributed by atoms with van der Waals surface area (Å²) in [6, 6.07) is 12.0. The maximum absolute atomic E-state index is 5.76. The number of guanidine groups is 1. The van der Waals surface area contributed by atoms with Crippen LogP contribution in [0.4, 0.5) is 0 Å². The van der Waals surface area contributed by atoms with Crippen molar-refractivity contribution in [3.8, 4) is 11.5 Å². The molecule has 0 saturated heterocycles. The molecule has 2 heterocycles. The fourth-order valence-corrected chi connectivity index (χ4v) is 3.27. The third kappa shape index (κ3) is 5.87. The van der Waals surface area contributed by atoms with E-state index in [1.54, 1.807) is 0 Å². The lowest BCUT2D eigenvalue weighted by atomic mass is 10.1. The Bertz CT molecular complexity index is 1000. The Labute approximate surface area is 183 Å². The van der Waals surface area contributed by atoms with E-state index in [0.29, 0.717) is 26.2 Å². The molecule has 2 aromatic heterocycles. The SMILES string of the molecule is CCNC(=NCCc1nnc2ccccn12)NC(C)c1ccc(OCC)c(OCC)c1. The third-order valence-electron chi connectivity index (χ3n) is 4.75. The number of ether oxygens (including phenoxy) is 2. The Hall–Kier alpha value is -3.29. The largest absolute Gasteiger partial charge is 0.490 e. The number of benzene rings is 1. The van der Waals surface area contributed by atoms with E-state index in [9.17, 15) is 0 Å². The van der Waals surface area contributed by atoms with E-state index >= 15 is 0 Å².